The van der Waals surface area contributed by atoms with Crippen molar-refractivity contribution in [3.05, 3.63) is 120 Å². The Morgan fingerprint density at radius 1 is 0.638 bits per heavy atom. The number of imidazole rings is 1. The average Bonchev–Trinajstić information content (AvgIpc) is 3.70. The van der Waals surface area contributed by atoms with E-state index >= 15 is 0 Å². The van der Waals surface area contributed by atoms with Crippen molar-refractivity contribution in [1.82, 2.24) is 42.1 Å². The van der Waals surface area contributed by atoms with Crippen LogP contribution in [-0.2, 0) is 75.5 Å². The molecule has 0 aliphatic heterocycles. The van der Waals surface area contributed by atoms with Crippen LogP contribution in [0.2, 0.25) is 0 Å². The molecular formula is C38H46Cl2N10O7Pt. The standard InChI is InChI=1S/C38H46N10O7.2ClH.Pt/c1-23(44-35(52)29(39)16-26-12-14-28(49)15-13-26)34(51)42-21-33(50)45-31(17-24-8-4-2-5-9-24)37(54)47-48-38(55)32(18-25-10-6-3-7-11-25)46-36(53)30(40)19-27-20-41-22-43-27;;;/h2-15,20,22-23,29-32,49H,16-19,21,39-40H2,1H3,(H,41,43)(H,42,51)(H,44,52)(H,45,50)(H,46,53)(H,47,54)(H,48,55);2*1H;/q;;;+2/p-2/t23-,29-,30-,31-,32-;;;/m0.../s1. The third kappa shape index (κ3) is 17.0. The van der Waals surface area contributed by atoms with Crippen LogP contribution in [0.25, 0.3) is 0 Å². The predicted octanol–water partition coefficient (Wildman–Crippen LogP) is -7.22. The first-order valence-corrected chi connectivity index (χ1v) is 17.5. The van der Waals surface area contributed by atoms with E-state index in [-0.39, 0.29) is 77.3 Å². The first kappa shape index (κ1) is 50.7. The molecule has 0 fully saturated rings. The van der Waals surface area contributed by atoms with Crippen molar-refractivity contribution in [3.63, 3.8) is 0 Å². The number of nitrogens with zero attached hydrogens (tertiary/aromatic N) is 1. The van der Waals surface area contributed by atoms with Crippen molar-refractivity contribution in [3.8, 4) is 5.75 Å². The number of H-pyrrole nitrogens is 1. The molecule has 0 spiro atoms. The van der Waals surface area contributed by atoms with E-state index in [9.17, 15) is 33.9 Å². The summed E-state index contributed by atoms with van der Waals surface area (Å²) in [6.07, 6.45) is 3.42. The SMILES string of the molecule is C[C@H](NC(=O)[C@@H](N)Cc1ccc(O)cc1)C(=O)NCC(=O)N[C@@H](Cc1ccccc1)C(=O)NNC(=O)[C@H](Cc1ccccc1)NC(=O)[C@@H](N)Cc1cnc[nH]1.[Cl-].[Cl-].[Pt+2]. The van der Waals surface area contributed by atoms with Gasteiger partial charge in [0.25, 0.3) is 11.8 Å². The van der Waals surface area contributed by atoms with Crippen molar-refractivity contribution in [1.29, 1.82) is 0 Å². The van der Waals surface area contributed by atoms with Crippen LogP contribution in [0.1, 0.15) is 29.3 Å². The maximum absolute atomic E-state index is 13.4. The molecule has 20 heteroatoms. The molecule has 4 rings (SSSR count). The van der Waals surface area contributed by atoms with Gasteiger partial charge in [0.05, 0.1) is 25.0 Å². The van der Waals surface area contributed by atoms with E-state index < -0.39 is 72.2 Å². The number of hydrazine groups is 1. The summed E-state index contributed by atoms with van der Waals surface area (Å²) in [7, 11) is 0. The third-order valence-electron chi connectivity index (χ3n) is 8.39. The number of halogens is 2. The zero-order chi connectivity index (χ0) is 39.7. The van der Waals surface area contributed by atoms with Gasteiger partial charge >= 0.3 is 21.1 Å². The maximum Gasteiger partial charge on any atom is 2.00 e. The Hall–Kier alpha value is -5.32. The van der Waals surface area contributed by atoms with Gasteiger partial charge in [-0.1, -0.05) is 72.8 Å². The number of rotatable bonds is 18. The van der Waals surface area contributed by atoms with Gasteiger partial charge in [-0.05, 0) is 42.2 Å². The number of carbonyl (C=O) groups excluding carboxylic acids is 6. The normalized spacial score (nSPS) is 12.8. The monoisotopic (exact) mass is 1020 g/mol. The number of amides is 6. The van der Waals surface area contributed by atoms with Crippen molar-refractivity contribution in [2.45, 2.75) is 62.8 Å². The first-order valence-electron chi connectivity index (χ1n) is 17.5. The minimum absolute atomic E-state index is 0. The molecule has 1 aromatic heterocycles. The molecule has 3 aromatic carbocycles. The number of phenols is 1. The van der Waals surface area contributed by atoms with E-state index in [0.717, 1.165) is 5.56 Å². The van der Waals surface area contributed by atoms with Gasteiger partial charge in [-0.2, -0.15) is 0 Å². The Kier molecular flexibility index (Phi) is 22.6. The van der Waals surface area contributed by atoms with Crippen molar-refractivity contribution in [2.24, 2.45) is 11.5 Å². The van der Waals surface area contributed by atoms with Gasteiger partial charge in [-0.15, -0.1) is 0 Å². The van der Waals surface area contributed by atoms with Crippen LogP contribution in [0.3, 0.4) is 0 Å². The summed E-state index contributed by atoms with van der Waals surface area (Å²) in [5, 5.41) is 19.6. The van der Waals surface area contributed by atoms with E-state index in [2.05, 4.69) is 42.1 Å². The van der Waals surface area contributed by atoms with Crippen LogP contribution >= 0.6 is 0 Å². The molecule has 0 saturated carbocycles. The number of aromatic hydroxyl groups is 1. The molecule has 6 amide bonds. The van der Waals surface area contributed by atoms with Crippen molar-refractivity contribution in [2.75, 3.05) is 6.54 Å². The third-order valence-corrected chi connectivity index (χ3v) is 8.39. The molecule has 0 bridgehead atoms. The molecule has 0 radical (unpaired) electrons. The fourth-order valence-corrected chi connectivity index (χ4v) is 5.35. The summed E-state index contributed by atoms with van der Waals surface area (Å²) in [5.41, 5.74) is 19.6. The molecule has 0 aliphatic rings. The van der Waals surface area contributed by atoms with Crippen LogP contribution in [0.5, 0.6) is 5.75 Å². The number of aromatic nitrogens is 2. The summed E-state index contributed by atoms with van der Waals surface area (Å²) in [6.45, 7) is 0.890. The fourth-order valence-electron chi connectivity index (χ4n) is 5.35. The largest absolute Gasteiger partial charge is 2.00 e. The molecule has 314 valence electrons. The quantitative estimate of drug-likeness (QED) is 0.0421. The topological polar surface area (TPSA) is 276 Å². The van der Waals surface area contributed by atoms with Gasteiger partial charge in [-0.25, -0.2) is 4.98 Å². The summed E-state index contributed by atoms with van der Waals surface area (Å²) >= 11 is 0. The van der Waals surface area contributed by atoms with Gasteiger partial charge in [0, 0.05) is 31.2 Å². The number of aromatic amines is 1. The summed E-state index contributed by atoms with van der Waals surface area (Å²) in [4.78, 5) is 85.0. The first-order chi connectivity index (χ1) is 26.4. The molecule has 4 aromatic rings. The van der Waals surface area contributed by atoms with Gasteiger partial charge in [-0.3, -0.25) is 39.6 Å². The minimum atomic E-state index is -1.20. The van der Waals surface area contributed by atoms with Crippen LogP contribution < -0.4 is 68.4 Å². The molecule has 17 nitrogen and oxygen atoms in total. The van der Waals surface area contributed by atoms with E-state index in [0.29, 0.717) is 16.8 Å². The Balaban J connectivity index is 0.00000561. The Morgan fingerprint density at radius 2 is 1.12 bits per heavy atom. The Morgan fingerprint density at radius 3 is 1.64 bits per heavy atom. The fraction of sp³-hybridized carbons (Fsp3) is 0.289. The number of carbonyl (C=O) groups is 6. The van der Waals surface area contributed by atoms with Crippen LogP contribution in [0.15, 0.2) is 97.5 Å². The molecule has 0 aliphatic carbocycles. The molecule has 5 atom stereocenters. The molecule has 0 unspecified atom stereocenters. The number of nitrogens with two attached hydrogens (primary N) is 2. The minimum Gasteiger partial charge on any atom is -1.00 e. The summed E-state index contributed by atoms with van der Waals surface area (Å²) in [5.74, 6) is -4.03. The number of benzene rings is 3. The molecule has 58 heavy (non-hydrogen) atoms. The van der Waals surface area contributed by atoms with Crippen LogP contribution in [-0.4, -0.2) is 87.3 Å². The smallest absolute Gasteiger partial charge is 1.00 e. The second-order valence-electron chi connectivity index (χ2n) is 12.9. The number of hydrogen-bond acceptors (Lipinski definition) is 10. The summed E-state index contributed by atoms with van der Waals surface area (Å²) < 4.78 is 0. The number of hydrogen-bond donors (Lipinski definition) is 10. The number of nitrogens with one attached hydrogen (secondary N) is 7. The predicted molar refractivity (Wildman–Crippen MR) is 201 cm³/mol. The van der Waals surface area contributed by atoms with Gasteiger partial charge in [0.1, 0.15) is 23.9 Å². The maximum atomic E-state index is 13.4. The van der Waals surface area contributed by atoms with Crippen LogP contribution in [0.4, 0.5) is 0 Å². The summed E-state index contributed by atoms with van der Waals surface area (Å²) in [6, 6.07) is 18.6. The Bertz CT molecular complexity index is 1900. The van der Waals surface area contributed by atoms with Gasteiger partial charge < -0.3 is 67.6 Å². The zero-order valence-corrected chi connectivity index (χ0v) is 35.0. The van der Waals surface area contributed by atoms with E-state index in [1.165, 1.54) is 31.6 Å². The zero-order valence-electron chi connectivity index (χ0n) is 31.2. The molecular weight excluding hydrogens is 974 g/mol. The second-order valence-corrected chi connectivity index (χ2v) is 12.9. The van der Waals surface area contributed by atoms with Crippen LogP contribution in [0, 0.1) is 0 Å². The van der Waals surface area contributed by atoms with Crippen molar-refractivity contribution < 1.29 is 79.8 Å². The molecule has 0 saturated heterocycles. The van der Waals surface area contributed by atoms with E-state index in [1.54, 1.807) is 72.8 Å². The van der Waals surface area contributed by atoms with E-state index in [1.807, 2.05) is 0 Å². The van der Waals surface area contributed by atoms with Gasteiger partial charge in [0.2, 0.25) is 23.6 Å². The Labute approximate surface area is 362 Å². The average molecular weight is 1020 g/mol. The number of phenolic OH excluding ortho intramolecular Hbond substituents is 1. The molecule has 12 N–H and O–H groups in total. The van der Waals surface area contributed by atoms with E-state index in [4.69, 9.17) is 11.5 Å². The molecule has 1 heterocycles. The van der Waals surface area contributed by atoms with Gasteiger partial charge in [0.15, 0.2) is 0 Å². The van der Waals surface area contributed by atoms with Crippen molar-refractivity contribution >= 4 is 35.4 Å². The second kappa shape index (κ2) is 25.8.